The van der Waals surface area contributed by atoms with Gasteiger partial charge in [0.15, 0.2) is 0 Å². The van der Waals surface area contributed by atoms with Gasteiger partial charge in [-0.3, -0.25) is 9.80 Å². The van der Waals surface area contributed by atoms with Crippen LogP contribution in [-0.4, -0.2) is 84.7 Å². The highest BCUT2D eigenvalue weighted by Crippen LogP contribution is 2.47. The molecule has 3 heterocycles. The molecule has 2 fully saturated rings. The van der Waals surface area contributed by atoms with Gasteiger partial charge in [-0.25, -0.2) is 9.18 Å². The third-order valence-corrected chi connectivity index (χ3v) is 8.84. The highest BCUT2D eigenvalue weighted by molar-refractivity contribution is 5.98. The summed E-state index contributed by atoms with van der Waals surface area (Å²) in [7, 11) is 1.69. The number of alkyl halides is 1. The summed E-state index contributed by atoms with van der Waals surface area (Å²) in [5.74, 6) is -0.334. The predicted molar refractivity (Wildman–Crippen MR) is 150 cm³/mol. The van der Waals surface area contributed by atoms with Crippen molar-refractivity contribution in [3.8, 4) is 17.0 Å². The first-order valence-electron chi connectivity index (χ1n) is 14.3. The molecule has 208 valence electrons. The third kappa shape index (κ3) is 5.17. The van der Waals surface area contributed by atoms with E-state index < -0.39 is 12.1 Å². The van der Waals surface area contributed by atoms with Crippen LogP contribution in [0, 0.1) is 0 Å². The largest absolute Gasteiger partial charge is 0.497 e. The molecule has 3 aromatic rings. The summed E-state index contributed by atoms with van der Waals surface area (Å²) in [5.41, 5.74) is 5.49. The van der Waals surface area contributed by atoms with E-state index in [-0.39, 0.29) is 11.5 Å². The number of aromatic nitrogens is 1. The van der Waals surface area contributed by atoms with Crippen LogP contribution in [-0.2, 0) is 17.8 Å². The van der Waals surface area contributed by atoms with E-state index in [0.717, 1.165) is 111 Å². The number of halogens is 1. The maximum atomic E-state index is 15.6. The molecule has 0 spiro atoms. The van der Waals surface area contributed by atoms with Gasteiger partial charge < -0.3 is 19.1 Å². The van der Waals surface area contributed by atoms with Crippen LogP contribution < -0.4 is 4.74 Å². The van der Waals surface area contributed by atoms with Crippen molar-refractivity contribution in [2.45, 2.75) is 50.9 Å². The van der Waals surface area contributed by atoms with Crippen molar-refractivity contribution in [1.29, 1.82) is 0 Å². The molecule has 39 heavy (non-hydrogen) atoms. The number of nitrogens with zero attached hydrogens (tertiary/aromatic N) is 3. The van der Waals surface area contributed by atoms with E-state index in [1.807, 2.05) is 12.1 Å². The summed E-state index contributed by atoms with van der Waals surface area (Å²) >= 11 is 0. The van der Waals surface area contributed by atoms with E-state index in [1.165, 1.54) is 0 Å². The van der Waals surface area contributed by atoms with Gasteiger partial charge in [-0.2, -0.15) is 0 Å². The van der Waals surface area contributed by atoms with E-state index in [9.17, 15) is 9.90 Å². The second-order valence-corrected chi connectivity index (χ2v) is 11.1. The minimum absolute atomic E-state index is 0.194. The van der Waals surface area contributed by atoms with Crippen molar-refractivity contribution in [1.82, 2.24) is 14.4 Å². The van der Waals surface area contributed by atoms with Crippen LogP contribution in [0.25, 0.3) is 22.2 Å². The van der Waals surface area contributed by atoms with Gasteiger partial charge >= 0.3 is 5.97 Å². The first kappa shape index (κ1) is 26.3. The zero-order valence-electron chi connectivity index (χ0n) is 22.7. The number of carboxylic acids is 1. The monoisotopic (exact) mass is 535 g/mol. The molecule has 8 heteroatoms. The van der Waals surface area contributed by atoms with Crippen LogP contribution in [0.4, 0.5) is 4.39 Å². The highest BCUT2D eigenvalue weighted by Gasteiger charge is 2.34. The molecule has 6 rings (SSSR count). The lowest BCUT2D eigenvalue weighted by Gasteiger charge is -2.33. The summed E-state index contributed by atoms with van der Waals surface area (Å²) in [5, 5.41) is 10.8. The van der Waals surface area contributed by atoms with E-state index in [2.05, 4.69) is 26.5 Å². The van der Waals surface area contributed by atoms with E-state index in [0.29, 0.717) is 13.0 Å². The number of fused-ring (bicyclic) bond motifs is 5. The molecule has 1 aromatic heterocycles. The number of aromatic carboxylic acids is 1. The van der Waals surface area contributed by atoms with Gasteiger partial charge in [-0.1, -0.05) is 18.9 Å². The summed E-state index contributed by atoms with van der Waals surface area (Å²) in [6, 6.07) is 11.6. The van der Waals surface area contributed by atoms with Crippen LogP contribution in [0.1, 0.15) is 53.1 Å². The highest BCUT2D eigenvalue weighted by atomic mass is 19.1. The van der Waals surface area contributed by atoms with Gasteiger partial charge in [0.25, 0.3) is 0 Å². The zero-order valence-corrected chi connectivity index (χ0v) is 22.7. The standard InChI is InChI=1S/C31H38FN3O4/c1-38-23-7-9-24-22(18-23)20-34(11-10-33-14-16-39-17-15-33)12-13-35-28-19-21(31(36)37)6-8-26(28)29(30(24)35)25-4-2-3-5-27(25)32/h6-9,18-19,25,27H,2-5,10-17,20H2,1H3,(H,36,37)/t25-,27-/m0/s1. The minimum atomic E-state index is -0.946. The van der Waals surface area contributed by atoms with Crippen LogP contribution in [0.3, 0.4) is 0 Å². The van der Waals surface area contributed by atoms with Crippen molar-refractivity contribution in [3.05, 3.63) is 53.1 Å². The molecule has 3 aliphatic rings. The lowest BCUT2D eigenvalue weighted by atomic mass is 9.80. The Balaban J connectivity index is 1.48. The zero-order chi connectivity index (χ0) is 26.9. The Morgan fingerprint density at radius 1 is 1.03 bits per heavy atom. The number of carboxylic acid groups (broad SMARTS) is 1. The Bertz CT molecular complexity index is 1350. The summed E-state index contributed by atoms with van der Waals surface area (Å²) in [6.45, 7) is 7.69. The van der Waals surface area contributed by atoms with Gasteiger partial charge in [0.1, 0.15) is 11.9 Å². The van der Waals surface area contributed by atoms with E-state index >= 15 is 4.39 Å². The van der Waals surface area contributed by atoms with Crippen LogP contribution >= 0.6 is 0 Å². The molecule has 1 saturated carbocycles. The molecule has 1 saturated heterocycles. The number of hydrogen-bond donors (Lipinski definition) is 1. The molecule has 2 aliphatic heterocycles. The molecule has 1 aliphatic carbocycles. The van der Waals surface area contributed by atoms with Gasteiger partial charge in [-0.05, 0) is 54.3 Å². The normalized spacial score (nSPS) is 22.6. The van der Waals surface area contributed by atoms with Crippen molar-refractivity contribution >= 4 is 16.9 Å². The molecule has 0 amide bonds. The maximum absolute atomic E-state index is 15.6. The number of benzene rings is 2. The number of ether oxygens (including phenoxy) is 2. The quantitative estimate of drug-likeness (QED) is 0.471. The Hall–Kier alpha value is -2.94. The molecule has 0 radical (unpaired) electrons. The lowest BCUT2D eigenvalue weighted by molar-refractivity contribution is 0.0327. The molecule has 2 atom stereocenters. The topological polar surface area (TPSA) is 67.2 Å². The molecular formula is C31H38FN3O4. The van der Waals surface area contributed by atoms with Crippen molar-refractivity contribution in [3.63, 3.8) is 0 Å². The maximum Gasteiger partial charge on any atom is 0.335 e. The minimum Gasteiger partial charge on any atom is -0.497 e. The number of hydrogen-bond acceptors (Lipinski definition) is 5. The number of morpholine rings is 1. The van der Waals surface area contributed by atoms with Gasteiger partial charge in [0.2, 0.25) is 0 Å². The second-order valence-electron chi connectivity index (χ2n) is 11.1. The number of carbonyl (C=O) groups is 1. The van der Waals surface area contributed by atoms with Crippen LogP contribution in [0.15, 0.2) is 36.4 Å². The average Bonchev–Trinajstić information content (AvgIpc) is 3.26. The predicted octanol–water partition coefficient (Wildman–Crippen LogP) is 5.16. The van der Waals surface area contributed by atoms with Crippen LogP contribution in [0.2, 0.25) is 0 Å². The van der Waals surface area contributed by atoms with Gasteiger partial charge in [0.05, 0.1) is 31.6 Å². The van der Waals surface area contributed by atoms with Crippen molar-refractivity contribution in [2.75, 3.05) is 53.0 Å². The van der Waals surface area contributed by atoms with Gasteiger partial charge in [0, 0.05) is 68.2 Å². The number of methoxy groups -OCH3 is 1. The first-order valence-corrected chi connectivity index (χ1v) is 14.3. The second kappa shape index (κ2) is 11.3. The fraction of sp³-hybridized carbons (Fsp3) is 0.516. The fourth-order valence-electron chi connectivity index (χ4n) is 6.74. The Kier molecular flexibility index (Phi) is 7.60. The Morgan fingerprint density at radius 2 is 1.82 bits per heavy atom. The molecular weight excluding hydrogens is 497 g/mol. The summed E-state index contributed by atoms with van der Waals surface area (Å²) in [6.07, 6.45) is 2.42. The van der Waals surface area contributed by atoms with E-state index in [1.54, 1.807) is 19.2 Å². The van der Waals surface area contributed by atoms with Crippen molar-refractivity contribution < 1.29 is 23.8 Å². The fourth-order valence-corrected chi connectivity index (χ4v) is 6.74. The average molecular weight is 536 g/mol. The molecule has 0 unspecified atom stereocenters. The Morgan fingerprint density at radius 3 is 2.59 bits per heavy atom. The molecule has 0 bridgehead atoms. The molecule has 1 N–H and O–H groups in total. The lowest BCUT2D eigenvalue weighted by Crippen LogP contribution is -2.42. The molecule has 7 nitrogen and oxygen atoms in total. The van der Waals surface area contributed by atoms with Crippen molar-refractivity contribution in [2.24, 2.45) is 0 Å². The number of rotatable bonds is 6. The first-order chi connectivity index (χ1) is 19.0. The Labute approximate surface area is 229 Å². The molecule has 2 aromatic carbocycles. The summed E-state index contributed by atoms with van der Waals surface area (Å²) in [4.78, 5) is 16.9. The summed E-state index contributed by atoms with van der Waals surface area (Å²) < 4.78 is 29.0. The third-order valence-electron chi connectivity index (χ3n) is 8.84. The van der Waals surface area contributed by atoms with Crippen LogP contribution in [0.5, 0.6) is 5.75 Å². The van der Waals surface area contributed by atoms with Gasteiger partial charge in [-0.15, -0.1) is 0 Å². The smallest absolute Gasteiger partial charge is 0.335 e. The SMILES string of the molecule is COc1ccc2c(c1)CN(CCN1CCOCC1)CCn1c-2c([C@H]2CCCC[C@@H]2F)c2ccc(C(=O)O)cc21. The van der Waals surface area contributed by atoms with E-state index in [4.69, 9.17) is 9.47 Å².